The van der Waals surface area contributed by atoms with Crippen LogP contribution >= 0.6 is 0 Å². The Morgan fingerprint density at radius 2 is 2.23 bits per heavy atom. The number of rotatable bonds is 3. The molecule has 2 aromatic rings. The van der Waals surface area contributed by atoms with Crippen molar-refractivity contribution in [2.24, 2.45) is 5.92 Å². The second-order valence-corrected chi connectivity index (χ2v) is 5.51. The van der Waals surface area contributed by atoms with Crippen LogP contribution in [0.25, 0.3) is 0 Å². The molecule has 1 aliphatic rings. The summed E-state index contributed by atoms with van der Waals surface area (Å²) in [6.45, 7) is 3.51. The standard InChI is InChI=1S/C16H19N5O/c1-12-4-2-6-19-15(12)20-16(22)13-5-3-9-21(11-13)14-10-17-7-8-18-14/h2,4,6-8,10,13H,3,5,9,11H2,1H3,(H,19,20,22)/t13-/m1/s1. The number of piperidine rings is 1. The lowest BCUT2D eigenvalue weighted by atomic mass is 9.97. The van der Waals surface area contributed by atoms with Crippen LogP contribution in [0.1, 0.15) is 18.4 Å². The van der Waals surface area contributed by atoms with E-state index in [0.29, 0.717) is 12.4 Å². The molecule has 6 heteroatoms. The minimum Gasteiger partial charge on any atom is -0.355 e. The molecule has 1 aliphatic heterocycles. The molecular weight excluding hydrogens is 278 g/mol. The third kappa shape index (κ3) is 3.21. The third-order valence-electron chi connectivity index (χ3n) is 3.92. The van der Waals surface area contributed by atoms with Crippen LogP contribution < -0.4 is 10.2 Å². The zero-order chi connectivity index (χ0) is 15.4. The van der Waals surface area contributed by atoms with Gasteiger partial charge in [0.25, 0.3) is 0 Å². The molecule has 1 amide bonds. The zero-order valence-electron chi connectivity index (χ0n) is 12.6. The Bertz CT molecular complexity index is 646. The Morgan fingerprint density at radius 1 is 1.32 bits per heavy atom. The molecule has 3 rings (SSSR count). The molecule has 1 N–H and O–H groups in total. The van der Waals surface area contributed by atoms with Crippen molar-refractivity contribution in [3.8, 4) is 0 Å². The first-order valence-corrected chi connectivity index (χ1v) is 7.47. The fourth-order valence-electron chi connectivity index (χ4n) is 2.69. The summed E-state index contributed by atoms with van der Waals surface area (Å²) in [6, 6.07) is 3.80. The van der Waals surface area contributed by atoms with E-state index in [1.165, 1.54) is 0 Å². The molecule has 22 heavy (non-hydrogen) atoms. The van der Waals surface area contributed by atoms with Gasteiger partial charge in [0, 0.05) is 31.7 Å². The Morgan fingerprint density at radius 3 is 3.00 bits per heavy atom. The van der Waals surface area contributed by atoms with Gasteiger partial charge in [-0.3, -0.25) is 9.78 Å². The Kier molecular flexibility index (Phi) is 4.27. The van der Waals surface area contributed by atoms with Crippen molar-refractivity contribution in [1.29, 1.82) is 0 Å². The molecule has 0 radical (unpaired) electrons. The van der Waals surface area contributed by atoms with E-state index >= 15 is 0 Å². The Hall–Kier alpha value is -2.50. The predicted octanol–water partition coefficient (Wildman–Crippen LogP) is 2.04. The molecular formula is C16H19N5O. The van der Waals surface area contributed by atoms with Gasteiger partial charge in [-0.25, -0.2) is 9.97 Å². The Labute approximate surface area is 129 Å². The molecule has 0 bridgehead atoms. The zero-order valence-corrected chi connectivity index (χ0v) is 12.6. The monoisotopic (exact) mass is 297 g/mol. The van der Waals surface area contributed by atoms with E-state index in [9.17, 15) is 4.79 Å². The lowest BCUT2D eigenvalue weighted by Gasteiger charge is -2.32. The summed E-state index contributed by atoms with van der Waals surface area (Å²) >= 11 is 0. The lowest BCUT2D eigenvalue weighted by molar-refractivity contribution is -0.120. The average molecular weight is 297 g/mol. The first-order valence-electron chi connectivity index (χ1n) is 7.47. The highest BCUT2D eigenvalue weighted by Gasteiger charge is 2.27. The molecule has 0 saturated carbocycles. The number of nitrogens with one attached hydrogen (secondary N) is 1. The first kappa shape index (κ1) is 14.4. The maximum absolute atomic E-state index is 12.5. The number of carbonyl (C=O) groups excluding carboxylic acids is 1. The molecule has 0 unspecified atom stereocenters. The van der Waals surface area contributed by atoms with E-state index in [2.05, 4.69) is 25.2 Å². The van der Waals surface area contributed by atoms with E-state index in [1.807, 2.05) is 19.1 Å². The van der Waals surface area contributed by atoms with E-state index < -0.39 is 0 Å². The lowest BCUT2D eigenvalue weighted by Crippen LogP contribution is -2.41. The highest BCUT2D eigenvalue weighted by atomic mass is 16.2. The second kappa shape index (κ2) is 6.51. The summed E-state index contributed by atoms with van der Waals surface area (Å²) in [7, 11) is 0. The smallest absolute Gasteiger partial charge is 0.230 e. The van der Waals surface area contributed by atoms with Crippen LogP contribution in [-0.2, 0) is 4.79 Å². The summed E-state index contributed by atoms with van der Waals surface area (Å²) < 4.78 is 0. The van der Waals surface area contributed by atoms with Gasteiger partial charge in [0.1, 0.15) is 11.6 Å². The molecule has 114 valence electrons. The van der Waals surface area contributed by atoms with Crippen molar-refractivity contribution in [1.82, 2.24) is 15.0 Å². The van der Waals surface area contributed by atoms with Crippen LogP contribution in [0.5, 0.6) is 0 Å². The highest BCUT2D eigenvalue weighted by Crippen LogP contribution is 2.22. The van der Waals surface area contributed by atoms with Gasteiger partial charge in [0.2, 0.25) is 5.91 Å². The summed E-state index contributed by atoms with van der Waals surface area (Å²) in [5.74, 6) is 1.44. The summed E-state index contributed by atoms with van der Waals surface area (Å²) in [5.41, 5.74) is 0.970. The number of anilines is 2. The highest BCUT2D eigenvalue weighted by molar-refractivity contribution is 5.92. The number of carbonyl (C=O) groups is 1. The number of aromatic nitrogens is 3. The van der Waals surface area contributed by atoms with E-state index in [4.69, 9.17) is 0 Å². The molecule has 3 heterocycles. The first-order chi connectivity index (χ1) is 10.7. The van der Waals surface area contributed by atoms with Gasteiger partial charge in [-0.05, 0) is 31.4 Å². The van der Waals surface area contributed by atoms with Crippen LogP contribution in [0.4, 0.5) is 11.6 Å². The topological polar surface area (TPSA) is 71.0 Å². The summed E-state index contributed by atoms with van der Waals surface area (Å²) in [4.78, 5) is 27.2. The average Bonchev–Trinajstić information content (AvgIpc) is 2.58. The van der Waals surface area contributed by atoms with Crippen LogP contribution in [0.2, 0.25) is 0 Å². The van der Waals surface area contributed by atoms with Crippen molar-refractivity contribution in [2.75, 3.05) is 23.3 Å². The van der Waals surface area contributed by atoms with Crippen LogP contribution in [0.15, 0.2) is 36.9 Å². The number of aryl methyl sites for hydroxylation is 1. The van der Waals surface area contributed by atoms with Gasteiger partial charge in [-0.2, -0.15) is 0 Å². The molecule has 1 atom stereocenters. The van der Waals surface area contributed by atoms with Crippen molar-refractivity contribution in [3.05, 3.63) is 42.5 Å². The van der Waals surface area contributed by atoms with Crippen LogP contribution in [0, 0.1) is 12.8 Å². The van der Waals surface area contributed by atoms with Gasteiger partial charge < -0.3 is 10.2 Å². The fourth-order valence-corrected chi connectivity index (χ4v) is 2.69. The maximum Gasteiger partial charge on any atom is 0.230 e. The maximum atomic E-state index is 12.5. The number of hydrogen-bond donors (Lipinski definition) is 1. The normalized spacial score (nSPS) is 18.0. The predicted molar refractivity (Wildman–Crippen MR) is 84.6 cm³/mol. The fraction of sp³-hybridized carbons (Fsp3) is 0.375. The van der Waals surface area contributed by atoms with Crippen molar-refractivity contribution >= 4 is 17.5 Å². The Balaban J connectivity index is 1.67. The molecule has 1 saturated heterocycles. The number of nitrogens with zero attached hydrogens (tertiary/aromatic N) is 4. The van der Waals surface area contributed by atoms with Crippen molar-refractivity contribution in [2.45, 2.75) is 19.8 Å². The third-order valence-corrected chi connectivity index (χ3v) is 3.92. The van der Waals surface area contributed by atoms with Crippen molar-refractivity contribution < 1.29 is 4.79 Å². The largest absolute Gasteiger partial charge is 0.355 e. The number of pyridine rings is 1. The SMILES string of the molecule is Cc1cccnc1NC(=O)[C@@H]1CCCN(c2cnccn2)C1. The minimum absolute atomic E-state index is 0.0235. The second-order valence-electron chi connectivity index (χ2n) is 5.51. The minimum atomic E-state index is -0.0582. The summed E-state index contributed by atoms with van der Waals surface area (Å²) in [5, 5.41) is 2.94. The summed E-state index contributed by atoms with van der Waals surface area (Å²) in [6.07, 6.45) is 8.61. The molecule has 0 aliphatic carbocycles. The van der Waals surface area contributed by atoms with Crippen LogP contribution in [0.3, 0.4) is 0 Å². The van der Waals surface area contributed by atoms with E-state index in [1.54, 1.807) is 24.8 Å². The van der Waals surface area contributed by atoms with Gasteiger partial charge >= 0.3 is 0 Å². The van der Waals surface area contributed by atoms with Gasteiger partial charge in [-0.15, -0.1) is 0 Å². The molecule has 1 fully saturated rings. The van der Waals surface area contributed by atoms with E-state index in [-0.39, 0.29) is 11.8 Å². The molecule has 0 aromatic carbocycles. The quantitative estimate of drug-likeness (QED) is 0.938. The van der Waals surface area contributed by atoms with Crippen molar-refractivity contribution in [3.63, 3.8) is 0 Å². The van der Waals surface area contributed by atoms with E-state index in [0.717, 1.165) is 30.8 Å². The van der Waals surface area contributed by atoms with Gasteiger partial charge in [0.05, 0.1) is 12.1 Å². The molecule has 2 aromatic heterocycles. The van der Waals surface area contributed by atoms with Gasteiger partial charge in [0.15, 0.2) is 0 Å². The molecule has 0 spiro atoms. The number of hydrogen-bond acceptors (Lipinski definition) is 5. The molecule has 6 nitrogen and oxygen atoms in total. The number of amides is 1. The van der Waals surface area contributed by atoms with Crippen LogP contribution in [-0.4, -0.2) is 33.9 Å². The van der Waals surface area contributed by atoms with Gasteiger partial charge in [-0.1, -0.05) is 6.07 Å².